The summed E-state index contributed by atoms with van der Waals surface area (Å²) in [6, 6.07) is 11.1. The van der Waals surface area contributed by atoms with E-state index >= 15 is 0 Å². The number of carbonyl (C=O) groups is 3. The maximum absolute atomic E-state index is 11.9. The molecule has 0 bridgehead atoms. The molecule has 1 aromatic heterocycles. The highest BCUT2D eigenvalue weighted by Gasteiger charge is 2.16. The highest BCUT2D eigenvalue weighted by Crippen LogP contribution is 2.20. The Morgan fingerprint density at radius 2 is 1.79 bits per heavy atom. The SMILES string of the molecule is CNC(=O)c1ccc(-c2cccc(CNC(=O)CNC(=O)OC(C)(C)C)c2)cn1. The monoisotopic (exact) mass is 398 g/mol. The lowest BCUT2D eigenvalue weighted by atomic mass is 10.0. The number of amides is 3. The second-order valence-corrected chi connectivity index (χ2v) is 7.34. The first-order valence-electron chi connectivity index (χ1n) is 9.19. The standard InChI is InChI=1S/C21H26N4O4/c1-21(2,3)29-20(28)25-13-18(26)24-11-14-6-5-7-15(10-14)16-8-9-17(23-12-16)19(27)22-4/h5-10,12H,11,13H2,1-4H3,(H,22,27)(H,24,26)(H,25,28). The Balaban J connectivity index is 1.90. The first-order chi connectivity index (χ1) is 13.7. The summed E-state index contributed by atoms with van der Waals surface area (Å²) in [7, 11) is 1.55. The smallest absolute Gasteiger partial charge is 0.408 e. The number of carbonyl (C=O) groups excluding carboxylic acids is 3. The van der Waals surface area contributed by atoms with Crippen molar-refractivity contribution in [2.45, 2.75) is 32.9 Å². The van der Waals surface area contributed by atoms with Crippen LogP contribution in [0.2, 0.25) is 0 Å². The van der Waals surface area contributed by atoms with Gasteiger partial charge in [-0.3, -0.25) is 14.6 Å². The van der Waals surface area contributed by atoms with E-state index in [9.17, 15) is 14.4 Å². The van der Waals surface area contributed by atoms with Crippen LogP contribution in [0.1, 0.15) is 36.8 Å². The van der Waals surface area contributed by atoms with Crippen LogP contribution in [0.15, 0.2) is 42.6 Å². The van der Waals surface area contributed by atoms with Gasteiger partial charge in [0.25, 0.3) is 5.91 Å². The summed E-state index contributed by atoms with van der Waals surface area (Å²) in [6.07, 6.45) is 0.995. The van der Waals surface area contributed by atoms with Gasteiger partial charge in [0.1, 0.15) is 17.8 Å². The molecule has 8 heteroatoms. The molecule has 0 aliphatic rings. The van der Waals surface area contributed by atoms with E-state index in [-0.39, 0.29) is 18.4 Å². The first-order valence-corrected chi connectivity index (χ1v) is 9.19. The third-order valence-electron chi connectivity index (χ3n) is 3.77. The van der Waals surface area contributed by atoms with Gasteiger partial charge in [0, 0.05) is 25.4 Å². The lowest BCUT2D eigenvalue weighted by molar-refractivity contribution is -0.120. The normalized spacial score (nSPS) is 10.8. The van der Waals surface area contributed by atoms with Gasteiger partial charge in [0.05, 0.1) is 0 Å². The van der Waals surface area contributed by atoms with Crippen LogP contribution in [0, 0.1) is 0 Å². The summed E-state index contributed by atoms with van der Waals surface area (Å²) in [5, 5.41) is 7.70. The van der Waals surface area contributed by atoms with Gasteiger partial charge in [-0.1, -0.05) is 24.3 Å². The highest BCUT2D eigenvalue weighted by molar-refractivity contribution is 5.92. The molecule has 1 heterocycles. The molecule has 3 N–H and O–H groups in total. The van der Waals surface area contributed by atoms with Crippen LogP contribution in [0.5, 0.6) is 0 Å². The van der Waals surface area contributed by atoms with Gasteiger partial charge in [-0.2, -0.15) is 0 Å². The molecule has 0 saturated carbocycles. The van der Waals surface area contributed by atoms with E-state index in [2.05, 4.69) is 20.9 Å². The number of alkyl carbamates (subject to hydrolysis) is 1. The molecule has 3 amide bonds. The van der Waals surface area contributed by atoms with Crippen LogP contribution in [0.3, 0.4) is 0 Å². The largest absolute Gasteiger partial charge is 0.444 e. The van der Waals surface area contributed by atoms with Crippen molar-refractivity contribution in [1.29, 1.82) is 0 Å². The van der Waals surface area contributed by atoms with Gasteiger partial charge in [0.15, 0.2) is 0 Å². The first kappa shape index (κ1) is 21.9. The second-order valence-electron chi connectivity index (χ2n) is 7.34. The quantitative estimate of drug-likeness (QED) is 0.691. The molecule has 1 aromatic carbocycles. The van der Waals surface area contributed by atoms with Crippen molar-refractivity contribution >= 4 is 17.9 Å². The van der Waals surface area contributed by atoms with E-state index in [1.54, 1.807) is 40.1 Å². The van der Waals surface area contributed by atoms with Crippen LogP contribution >= 0.6 is 0 Å². The molecule has 0 aliphatic heterocycles. The van der Waals surface area contributed by atoms with Gasteiger partial charge in [-0.25, -0.2) is 4.79 Å². The molecule has 0 fully saturated rings. The maximum Gasteiger partial charge on any atom is 0.408 e. The van der Waals surface area contributed by atoms with Crippen molar-refractivity contribution in [2.75, 3.05) is 13.6 Å². The molecule has 2 rings (SSSR count). The highest BCUT2D eigenvalue weighted by atomic mass is 16.6. The second kappa shape index (κ2) is 9.68. The fraction of sp³-hybridized carbons (Fsp3) is 0.333. The van der Waals surface area contributed by atoms with Crippen molar-refractivity contribution in [2.24, 2.45) is 0 Å². The van der Waals surface area contributed by atoms with Crippen molar-refractivity contribution in [3.63, 3.8) is 0 Å². The Kier molecular flexibility index (Phi) is 7.30. The Morgan fingerprint density at radius 1 is 1.03 bits per heavy atom. The molecule has 0 unspecified atom stereocenters. The number of nitrogens with zero attached hydrogens (tertiary/aromatic N) is 1. The minimum Gasteiger partial charge on any atom is -0.444 e. The topological polar surface area (TPSA) is 109 Å². The molecule has 0 saturated heterocycles. The molecule has 0 aliphatic carbocycles. The molecular weight excluding hydrogens is 372 g/mol. The molecule has 0 atom stereocenters. The average Bonchev–Trinajstić information content (AvgIpc) is 2.69. The summed E-state index contributed by atoms with van der Waals surface area (Å²) in [5.41, 5.74) is 2.40. The number of ether oxygens (including phenoxy) is 1. The number of pyridine rings is 1. The zero-order chi connectivity index (χ0) is 21.4. The Bertz CT molecular complexity index is 873. The predicted molar refractivity (Wildman–Crippen MR) is 109 cm³/mol. The van der Waals surface area contributed by atoms with E-state index in [4.69, 9.17) is 4.74 Å². The molecule has 29 heavy (non-hydrogen) atoms. The minimum absolute atomic E-state index is 0.167. The van der Waals surface area contributed by atoms with Crippen molar-refractivity contribution in [3.8, 4) is 11.1 Å². The lowest BCUT2D eigenvalue weighted by Crippen LogP contribution is -2.39. The predicted octanol–water partition coefficient (Wildman–Crippen LogP) is 2.25. The fourth-order valence-electron chi connectivity index (χ4n) is 2.42. The summed E-state index contributed by atoms with van der Waals surface area (Å²) in [6.45, 7) is 5.40. The lowest BCUT2D eigenvalue weighted by Gasteiger charge is -2.19. The molecule has 154 valence electrons. The number of hydrogen-bond donors (Lipinski definition) is 3. The zero-order valence-electron chi connectivity index (χ0n) is 17.0. The molecule has 0 radical (unpaired) electrons. The third-order valence-corrected chi connectivity index (χ3v) is 3.77. The van der Waals surface area contributed by atoms with Gasteiger partial charge < -0.3 is 20.7 Å². The Morgan fingerprint density at radius 3 is 2.41 bits per heavy atom. The van der Waals surface area contributed by atoms with Crippen LogP contribution < -0.4 is 16.0 Å². The molecular formula is C21H26N4O4. The Labute approximate surface area is 170 Å². The van der Waals surface area contributed by atoms with Gasteiger partial charge in [-0.05, 0) is 44.0 Å². The molecule has 0 spiro atoms. The van der Waals surface area contributed by atoms with E-state index in [0.29, 0.717) is 12.2 Å². The van der Waals surface area contributed by atoms with Gasteiger partial charge in [0.2, 0.25) is 5.91 Å². The van der Waals surface area contributed by atoms with Crippen LogP contribution in [-0.4, -0.2) is 42.1 Å². The number of hydrogen-bond acceptors (Lipinski definition) is 5. The number of aromatic nitrogens is 1. The third kappa shape index (κ3) is 7.25. The average molecular weight is 398 g/mol. The fourth-order valence-corrected chi connectivity index (χ4v) is 2.42. The van der Waals surface area contributed by atoms with Gasteiger partial charge >= 0.3 is 6.09 Å². The summed E-state index contributed by atoms with van der Waals surface area (Å²) >= 11 is 0. The van der Waals surface area contributed by atoms with Crippen molar-refractivity contribution in [1.82, 2.24) is 20.9 Å². The number of rotatable bonds is 6. The van der Waals surface area contributed by atoms with Crippen LogP contribution in [-0.2, 0) is 16.1 Å². The van der Waals surface area contributed by atoms with Crippen molar-refractivity contribution < 1.29 is 19.1 Å². The zero-order valence-corrected chi connectivity index (χ0v) is 17.0. The number of nitrogens with one attached hydrogen (secondary N) is 3. The van der Waals surface area contributed by atoms with E-state index < -0.39 is 11.7 Å². The van der Waals surface area contributed by atoms with Crippen molar-refractivity contribution in [3.05, 3.63) is 53.9 Å². The molecule has 2 aromatic rings. The summed E-state index contributed by atoms with van der Waals surface area (Å²) in [4.78, 5) is 39.3. The minimum atomic E-state index is -0.637. The van der Waals surface area contributed by atoms with E-state index in [1.807, 2.05) is 30.3 Å². The molecule has 8 nitrogen and oxygen atoms in total. The summed E-state index contributed by atoms with van der Waals surface area (Å²) in [5.74, 6) is -0.564. The number of benzene rings is 1. The van der Waals surface area contributed by atoms with E-state index in [0.717, 1.165) is 16.7 Å². The van der Waals surface area contributed by atoms with Crippen LogP contribution in [0.25, 0.3) is 11.1 Å². The van der Waals surface area contributed by atoms with Gasteiger partial charge in [-0.15, -0.1) is 0 Å². The van der Waals surface area contributed by atoms with Crippen LogP contribution in [0.4, 0.5) is 4.79 Å². The Hall–Kier alpha value is -3.42. The summed E-state index contributed by atoms with van der Waals surface area (Å²) < 4.78 is 5.08. The maximum atomic E-state index is 11.9. The van der Waals surface area contributed by atoms with E-state index in [1.165, 1.54) is 0 Å².